The fourth-order valence-electron chi connectivity index (χ4n) is 3.67. The average molecular weight is 367 g/mol. The third-order valence-corrected chi connectivity index (χ3v) is 5.47. The molecule has 1 aliphatic carbocycles. The topological polar surface area (TPSA) is 66.7 Å². The number of carbonyl (C=O) groups excluding carboxylic acids is 2. The Balaban J connectivity index is 1.49. The minimum atomic E-state index is -0.140. The SMILES string of the molecule is CC[C@@H]1CN(C(=O)c2cc(C3CC3)on2)CCC(=O)N1Cc1ccccc1. The molecule has 1 atom stereocenters. The van der Waals surface area contributed by atoms with E-state index in [1.165, 1.54) is 0 Å². The molecule has 1 saturated carbocycles. The lowest BCUT2D eigenvalue weighted by molar-refractivity contribution is -0.133. The van der Waals surface area contributed by atoms with E-state index in [9.17, 15) is 9.59 Å². The predicted octanol–water partition coefficient (Wildman–Crippen LogP) is 3.21. The Morgan fingerprint density at radius 1 is 1.26 bits per heavy atom. The van der Waals surface area contributed by atoms with Crippen LogP contribution < -0.4 is 0 Å². The molecule has 1 aliphatic heterocycles. The molecule has 0 bridgehead atoms. The van der Waals surface area contributed by atoms with E-state index in [2.05, 4.69) is 12.1 Å². The van der Waals surface area contributed by atoms with Crippen LogP contribution in [0.4, 0.5) is 0 Å². The molecule has 6 nitrogen and oxygen atoms in total. The van der Waals surface area contributed by atoms with Gasteiger partial charge in [-0.25, -0.2) is 0 Å². The zero-order valence-electron chi connectivity index (χ0n) is 15.6. The Morgan fingerprint density at radius 3 is 2.74 bits per heavy atom. The molecule has 0 spiro atoms. The molecule has 2 heterocycles. The lowest BCUT2D eigenvalue weighted by Gasteiger charge is -2.31. The first kappa shape index (κ1) is 17.8. The summed E-state index contributed by atoms with van der Waals surface area (Å²) in [4.78, 5) is 29.3. The summed E-state index contributed by atoms with van der Waals surface area (Å²) in [6, 6.07) is 11.8. The Labute approximate surface area is 159 Å². The summed E-state index contributed by atoms with van der Waals surface area (Å²) in [6.45, 7) is 3.59. The second-order valence-corrected chi connectivity index (χ2v) is 7.46. The quantitative estimate of drug-likeness (QED) is 0.814. The number of aromatic nitrogens is 1. The van der Waals surface area contributed by atoms with Crippen LogP contribution in [0.5, 0.6) is 0 Å². The van der Waals surface area contributed by atoms with Gasteiger partial charge in [-0.05, 0) is 24.8 Å². The largest absolute Gasteiger partial charge is 0.360 e. The number of hydrogen-bond donors (Lipinski definition) is 0. The van der Waals surface area contributed by atoms with Gasteiger partial charge in [-0.1, -0.05) is 42.4 Å². The van der Waals surface area contributed by atoms with Gasteiger partial charge in [-0.3, -0.25) is 9.59 Å². The van der Waals surface area contributed by atoms with Gasteiger partial charge in [-0.2, -0.15) is 0 Å². The number of nitrogens with zero attached hydrogens (tertiary/aromatic N) is 3. The standard InChI is InChI=1S/C21H25N3O3/c1-2-17-14-23(21(26)18-12-19(27-22-18)16-8-9-16)11-10-20(25)24(17)13-15-6-4-3-5-7-15/h3-7,12,16-17H,2,8-11,13-14H2,1H3/t17-/m1/s1. The molecule has 1 aromatic carbocycles. The number of carbonyl (C=O) groups is 2. The van der Waals surface area contributed by atoms with Crippen molar-refractivity contribution < 1.29 is 14.1 Å². The minimum Gasteiger partial charge on any atom is -0.360 e. The van der Waals surface area contributed by atoms with E-state index in [1.54, 1.807) is 11.0 Å². The summed E-state index contributed by atoms with van der Waals surface area (Å²) >= 11 is 0. The number of amides is 2. The highest BCUT2D eigenvalue weighted by Crippen LogP contribution is 2.40. The van der Waals surface area contributed by atoms with Gasteiger partial charge >= 0.3 is 0 Å². The molecule has 142 valence electrons. The monoisotopic (exact) mass is 367 g/mol. The molecule has 0 N–H and O–H groups in total. The Morgan fingerprint density at radius 2 is 2.04 bits per heavy atom. The molecular formula is C21H25N3O3. The van der Waals surface area contributed by atoms with Gasteiger partial charge in [0.05, 0.1) is 0 Å². The maximum Gasteiger partial charge on any atom is 0.276 e. The van der Waals surface area contributed by atoms with E-state index < -0.39 is 0 Å². The molecule has 4 rings (SSSR count). The average Bonchev–Trinajstić information content (AvgIpc) is 3.45. The van der Waals surface area contributed by atoms with Crippen LogP contribution in [-0.4, -0.2) is 45.9 Å². The Bertz CT molecular complexity index is 813. The van der Waals surface area contributed by atoms with Crippen molar-refractivity contribution in [3.8, 4) is 0 Å². The summed E-state index contributed by atoms with van der Waals surface area (Å²) < 4.78 is 5.33. The van der Waals surface area contributed by atoms with Crippen molar-refractivity contribution in [2.75, 3.05) is 13.1 Å². The first-order valence-electron chi connectivity index (χ1n) is 9.75. The third kappa shape index (κ3) is 3.89. The van der Waals surface area contributed by atoms with Gasteiger partial charge in [0.2, 0.25) is 5.91 Å². The fourth-order valence-corrected chi connectivity index (χ4v) is 3.67. The molecular weight excluding hydrogens is 342 g/mol. The van der Waals surface area contributed by atoms with Crippen LogP contribution in [0, 0.1) is 0 Å². The zero-order valence-corrected chi connectivity index (χ0v) is 15.6. The predicted molar refractivity (Wildman–Crippen MR) is 100 cm³/mol. The molecule has 0 radical (unpaired) electrons. The Hall–Kier alpha value is -2.63. The van der Waals surface area contributed by atoms with E-state index in [-0.39, 0.29) is 17.9 Å². The minimum absolute atomic E-state index is 0.000963. The normalized spacial score (nSPS) is 20.6. The van der Waals surface area contributed by atoms with Gasteiger partial charge in [-0.15, -0.1) is 0 Å². The van der Waals surface area contributed by atoms with E-state index >= 15 is 0 Å². The zero-order chi connectivity index (χ0) is 18.8. The molecule has 0 unspecified atom stereocenters. The van der Waals surface area contributed by atoms with Crippen molar-refractivity contribution in [3.05, 3.63) is 53.4 Å². The summed E-state index contributed by atoms with van der Waals surface area (Å²) in [5, 5.41) is 3.98. The number of hydrogen-bond acceptors (Lipinski definition) is 4. The molecule has 27 heavy (non-hydrogen) atoms. The lowest BCUT2D eigenvalue weighted by Crippen LogP contribution is -2.43. The molecule has 6 heteroatoms. The summed E-state index contributed by atoms with van der Waals surface area (Å²) in [5.74, 6) is 1.19. The first-order valence-corrected chi connectivity index (χ1v) is 9.75. The van der Waals surface area contributed by atoms with Gasteiger partial charge < -0.3 is 14.3 Å². The summed E-state index contributed by atoms with van der Waals surface area (Å²) in [5.41, 5.74) is 1.46. The van der Waals surface area contributed by atoms with Gasteiger partial charge in [0.1, 0.15) is 5.76 Å². The maximum atomic E-state index is 12.9. The molecule has 2 aliphatic rings. The fraction of sp³-hybridized carbons (Fsp3) is 0.476. The van der Waals surface area contributed by atoms with Crippen LogP contribution >= 0.6 is 0 Å². The van der Waals surface area contributed by atoms with Crippen LogP contribution in [0.25, 0.3) is 0 Å². The molecule has 2 amide bonds. The van der Waals surface area contributed by atoms with E-state index in [1.807, 2.05) is 35.2 Å². The molecule has 1 saturated heterocycles. The van der Waals surface area contributed by atoms with Crippen molar-refractivity contribution in [1.29, 1.82) is 0 Å². The highest BCUT2D eigenvalue weighted by Gasteiger charge is 2.33. The smallest absolute Gasteiger partial charge is 0.276 e. The molecule has 2 aromatic rings. The van der Waals surface area contributed by atoms with E-state index in [4.69, 9.17) is 4.52 Å². The van der Waals surface area contributed by atoms with Gasteiger partial charge in [0.15, 0.2) is 5.69 Å². The van der Waals surface area contributed by atoms with Crippen LogP contribution in [0.1, 0.15) is 60.3 Å². The van der Waals surface area contributed by atoms with Crippen molar-refractivity contribution in [3.63, 3.8) is 0 Å². The maximum absolute atomic E-state index is 12.9. The van der Waals surface area contributed by atoms with Crippen molar-refractivity contribution in [2.45, 2.75) is 51.1 Å². The number of benzene rings is 1. The second-order valence-electron chi connectivity index (χ2n) is 7.46. The molecule has 2 fully saturated rings. The number of rotatable bonds is 5. The van der Waals surface area contributed by atoms with Crippen LogP contribution in [0.15, 0.2) is 40.9 Å². The lowest BCUT2D eigenvalue weighted by atomic mass is 10.1. The summed E-state index contributed by atoms with van der Waals surface area (Å²) in [7, 11) is 0. The highest BCUT2D eigenvalue weighted by molar-refractivity contribution is 5.93. The summed E-state index contributed by atoms with van der Waals surface area (Å²) in [6.07, 6.45) is 3.34. The van der Waals surface area contributed by atoms with Gasteiger partial charge in [0, 0.05) is 44.1 Å². The van der Waals surface area contributed by atoms with E-state index in [0.717, 1.165) is 30.6 Å². The van der Waals surface area contributed by atoms with Crippen molar-refractivity contribution in [2.24, 2.45) is 0 Å². The van der Waals surface area contributed by atoms with Gasteiger partial charge in [0.25, 0.3) is 5.91 Å². The molecule has 1 aromatic heterocycles. The van der Waals surface area contributed by atoms with E-state index in [0.29, 0.717) is 37.7 Å². The van der Waals surface area contributed by atoms with Crippen molar-refractivity contribution in [1.82, 2.24) is 15.0 Å². The second kappa shape index (κ2) is 7.55. The third-order valence-electron chi connectivity index (χ3n) is 5.47. The highest BCUT2D eigenvalue weighted by atomic mass is 16.5. The van der Waals surface area contributed by atoms with Crippen LogP contribution in [0.3, 0.4) is 0 Å². The van der Waals surface area contributed by atoms with Crippen LogP contribution in [-0.2, 0) is 11.3 Å². The first-order chi connectivity index (χ1) is 13.2. The Kier molecular flexibility index (Phi) is 4.97. The van der Waals surface area contributed by atoms with Crippen LogP contribution in [0.2, 0.25) is 0 Å². The van der Waals surface area contributed by atoms with Crippen molar-refractivity contribution >= 4 is 11.8 Å².